The van der Waals surface area contributed by atoms with E-state index in [-0.39, 0.29) is 5.54 Å². The minimum atomic E-state index is 0.244. The molecule has 1 aliphatic carbocycles. The second-order valence-corrected chi connectivity index (χ2v) is 5.21. The lowest BCUT2D eigenvalue weighted by molar-refractivity contribution is 0.249. The predicted octanol–water partition coefficient (Wildman–Crippen LogP) is 3.68. The van der Waals surface area contributed by atoms with Crippen LogP contribution in [-0.2, 0) is 5.54 Å². The van der Waals surface area contributed by atoms with Crippen molar-refractivity contribution in [2.45, 2.75) is 51.5 Å². The first-order valence-electron chi connectivity index (χ1n) is 6.45. The molecule has 0 amide bonds. The molecule has 1 N–H and O–H groups in total. The minimum absolute atomic E-state index is 0.244. The number of aryl methyl sites for hydroxylation is 2. The maximum atomic E-state index is 3.60. The molecule has 2 rings (SSSR count). The SMILES string of the molecule is CNC1(c2cc(C)ccc2C)CCCCC1. The van der Waals surface area contributed by atoms with Crippen molar-refractivity contribution < 1.29 is 0 Å². The van der Waals surface area contributed by atoms with Gasteiger partial charge in [-0.15, -0.1) is 0 Å². The van der Waals surface area contributed by atoms with Crippen LogP contribution in [-0.4, -0.2) is 7.05 Å². The molecular formula is C15H23N. The highest BCUT2D eigenvalue weighted by Gasteiger charge is 2.33. The van der Waals surface area contributed by atoms with Crippen LogP contribution in [0.25, 0.3) is 0 Å². The van der Waals surface area contributed by atoms with E-state index in [1.807, 2.05) is 0 Å². The Morgan fingerprint density at radius 3 is 2.38 bits per heavy atom. The van der Waals surface area contributed by atoms with E-state index in [2.05, 4.69) is 44.4 Å². The second kappa shape index (κ2) is 4.58. The van der Waals surface area contributed by atoms with Crippen molar-refractivity contribution in [1.29, 1.82) is 0 Å². The normalized spacial score (nSPS) is 19.7. The van der Waals surface area contributed by atoms with Crippen molar-refractivity contribution in [3.63, 3.8) is 0 Å². The average molecular weight is 217 g/mol. The van der Waals surface area contributed by atoms with Gasteiger partial charge in [-0.3, -0.25) is 0 Å². The molecule has 0 aliphatic heterocycles. The standard InChI is InChI=1S/C15H23N/c1-12-7-8-13(2)14(11-12)15(16-3)9-5-4-6-10-15/h7-8,11,16H,4-6,9-10H2,1-3H3. The zero-order valence-corrected chi connectivity index (χ0v) is 10.8. The Bertz CT molecular complexity index is 362. The van der Waals surface area contributed by atoms with Gasteiger partial charge in [0.25, 0.3) is 0 Å². The molecule has 1 aliphatic rings. The van der Waals surface area contributed by atoms with Gasteiger partial charge in [0.05, 0.1) is 0 Å². The van der Waals surface area contributed by atoms with Crippen molar-refractivity contribution in [2.75, 3.05) is 7.05 Å². The third kappa shape index (κ3) is 2.01. The van der Waals surface area contributed by atoms with Crippen molar-refractivity contribution in [3.05, 3.63) is 34.9 Å². The molecule has 0 aromatic heterocycles. The summed E-state index contributed by atoms with van der Waals surface area (Å²) < 4.78 is 0. The van der Waals surface area contributed by atoms with E-state index in [0.29, 0.717) is 0 Å². The highest BCUT2D eigenvalue weighted by atomic mass is 14.9. The first-order chi connectivity index (χ1) is 7.68. The Hall–Kier alpha value is -0.820. The molecule has 0 saturated heterocycles. The maximum Gasteiger partial charge on any atom is 0.0434 e. The molecule has 0 unspecified atom stereocenters. The van der Waals surface area contributed by atoms with Crippen molar-refractivity contribution >= 4 is 0 Å². The van der Waals surface area contributed by atoms with E-state index in [0.717, 1.165) is 0 Å². The number of rotatable bonds is 2. The van der Waals surface area contributed by atoms with Crippen LogP contribution < -0.4 is 5.32 Å². The Morgan fingerprint density at radius 2 is 1.75 bits per heavy atom. The van der Waals surface area contributed by atoms with Gasteiger partial charge in [0.1, 0.15) is 0 Å². The zero-order chi connectivity index (χ0) is 11.6. The lowest BCUT2D eigenvalue weighted by Gasteiger charge is -2.39. The Kier molecular flexibility index (Phi) is 3.34. The molecular weight excluding hydrogens is 194 g/mol. The summed E-state index contributed by atoms with van der Waals surface area (Å²) in [6.07, 6.45) is 6.68. The summed E-state index contributed by atoms with van der Waals surface area (Å²) in [5.41, 5.74) is 4.58. The van der Waals surface area contributed by atoms with Gasteiger partial charge in [0, 0.05) is 5.54 Å². The number of nitrogens with one attached hydrogen (secondary N) is 1. The largest absolute Gasteiger partial charge is 0.310 e. The number of benzene rings is 1. The van der Waals surface area contributed by atoms with Crippen LogP contribution in [0.3, 0.4) is 0 Å². The Balaban J connectivity index is 2.42. The fourth-order valence-electron chi connectivity index (χ4n) is 3.06. The highest BCUT2D eigenvalue weighted by molar-refractivity contribution is 5.36. The molecule has 1 saturated carbocycles. The molecule has 1 fully saturated rings. The summed E-state index contributed by atoms with van der Waals surface area (Å²) in [5.74, 6) is 0. The van der Waals surface area contributed by atoms with Crippen molar-refractivity contribution in [1.82, 2.24) is 5.32 Å². The summed E-state index contributed by atoms with van der Waals surface area (Å²) in [7, 11) is 2.12. The van der Waals surface area contributed by atoms with Gasteiger partial charge >= 0.3 is 0 Å². The lowest BCUT2D eigenvalue weighted by Crippen LogP contribution is -2.42. The third-order valence-corrected chi connectivity index (χ3v) is 4.09. The quantitative estimate of drug-likeness (QED) is 0.797. The zero-order valence-electron chi connectivity index (χ0n) is 10.8. The molecule has 0 heterocycles. The first kappa shape index (κ1) is 11.7. The molecule has 0 spiro atoms. The molecule has 88 valence electrons. The van der Waals surface area contributed by atoms with Crippen molar-refractivity contribution in [2.24, 2.45) is 0 Å². The van der Waals surface area contributed by atoms with E-state index in [4.69, 9.17) is 0 Å². The van der Waals surface area contributed by atoms with Gasteiger partial charge < -0.3 is 5.32 Å². The topological polar surface area (TPSA) is 12.0 Å². The van der Waals surface area contributed by atoms with E-state index in [1.54, 1.807) is 0 Å². The van der Waals surface area contributed by atoms with Crippen LogP contribution in [0.5, 0.6) is 0 Å². The van der Waals surface area contributed by atoms with Crippen molar-refractivity contribution in [3.8, 4) is 0 Å². The number of hydrogen-bond acceptors (Lipinski definition) is 1. The predicted molar refractivity (Wildman–Crippen MR) is 69.7 cm³/mol. The van der Waals surface area contributed by atoms with Crippen LogP contribution >= 0.6 is 0 Å². The van der Waals surface area contributed by atoms with Gasteiger partial charge in [-0.25, -0.2) is 0 Å². The Morgan fingerprint density at radius 1 is 1.06 bits per heavy atom. The molecule has 0 atom stereocenters. The van der Waals surface area contributed by atoms with Crippen LogP contribution in [0.1, 0.15) is 48.8 Å². The molecule has 1 aromatic carbocycles. The molecule has 0 radical (unpaired) electrons. The van der Waals surface area contributed by atoms with Gasteiger partial charge in [0.15, 0.2) is 0 Å². The Labute approximate surface area is 99.3 Å². The molecule has 16 heavy (non-hydrogen) atoms. The van der Waals surface area contributed by atoms with E-state index in [1.165, 1.54) is 48.8 Å². The van der Waals surface area contributed by atoms with Crippen LogP contribution in [0, 0.1) is 13.8 Å². The summed E-state index contributed by atoms with van der Waals surface area (Å²) in [5, 5.41) is 3.60. The monoisotopic (exact) mass is 217 g/mol. The van der Waals surface area contributed by atoms with Gasteiger partial charge in [-0.1, -0.05) is 43.0 Å². The minimum Gasteiger partial charge on any atom is -0.310 e. The highest BCUT2D eigenvalue weighted by Crippen LogP contribution is 2.38. The van der Waals surface area contributed by atoms with E-state index < -0.39 is 0 Å². The summed E-state index contributed by atoms with van der Waals surface area (Å²) in [4.78, 5) is 0. The van der Waals surface area contributed by atoms with Crippen LogP contribution in [0.15, 0.2) is 18.2 Å². The average Bonchev–Trinajstić information content (AvgIpc) is 2.33. The molecule has 1 aromatic rings. The maximum absolute atomic E-state index is 3.60. The van der Waals surface area contributed by atoms with Gasteiger partial charge in [0.2, 0.25) is 0 Å². The van der Waals surface area contributed by atoms with E-state index >= 15 is 0 Å². The first-order valence-corrected chi connectivity index (χ1v) is 6.45. The van der Waals surface area contributed by atoms with Gasteiger partial charge in [-0.05, 0) is 44.9 Å². The second-order valence-electron chi connectivity index (χ2n) is 5.21. The third-order valence-electron chi connectivity index (χ3n) is 4.09. The molecule has 1 heteroatoms. The summed E-state index contributed by atoms with van der Waals surface area (Å²) in [6.45, 7) is 4.43. The molecule has 0 bridgehead atoms. The fraction of sp³-hybridized carbons (Fsp3) is 0.600. The van der Waals surface area contributed by atoms with Crippen LogP contribution in [0.2, 0.25) is 0 Å². The fourth-order valence-corrected chi connectivity index (χ4v) is 3.06. The summed E-state index contributed by atoms with van der Waals surface area (Å²) >= 11 is 0. The summed E-state index contributed by atoms with van der Waals surface area (Å²) in [6, 6.07) is 6.85. The molecule has 1 nitrogen and oxygen atoms in total. The number of hydrogen-bond donors (Lipinski definition) is 1. The lowest BCUT2D eigenvalue weighted by atomic mass is 9.75. The van der Waals surface area contributed by atoms with Crippen LogP contribution in [0.4, 0.5) is 0 Å². The smallest absolute Gasteiger partial charge is 0.0434 e. The van der Waals surface area contributed by atoms with Gasteiger partial charge in [-0.2, -0.15) is 0 Å². The van der Waals surface area contributed by atoms with E-state index in [9.17, 15) is 0 Å².